The van der Waals surface area contributed by atoms with Crippen LogP contribution >= 0.6 is 0 Å². The predicted octanol–water partition coefficient (Wildman–Crippen LogP) is 3.35. The van der Waals surface area contributed by atoms with Crippen molar-refractivity contribution in [1.82, 2.24) is 19.8 Å². The van der Waals surface area contributed by atoms with Gasteiger partial charge in [-0.2, -0.15) is 0 Å². The van der Waals surface area contributed by atoms with Crippen LogP contribution in [-0.2, 0) is 11.2 Å². The fourth-order valence-electron chi connectivity index (χ4n) is 3.98. The van der Waals surface area contributed by atoms with Gasteiger partial charge in [0.25, 0.3) is 5.91 Å². The minimum atomic E-state index is -0.0432. The molecule has 2 aromatic carbocycles. The summed E-state index contributed by atoms with van der Waals surface area (Å²) in [7, 11) is 0. The maximum Gasteiger partial charge on any atom is 0.251 e. The first-order valence-electron chi connectivity index (χ1n) is 10.8. The number of carbonyl (C=O) groups excluding carboxylic acids is 1. The van der Waals surface area contributed by atoms with E-state index < -0.39 is 0 Å². The molecule has 0 spiro atoms. The highest BCUT2D eigenvalue weighted by atomic mass is 16.5. The molecule has 6 heteroatoms. The second-order valence-electron chi connectivity index (χ2n) is 7.78. The Bertz CT molecular complexity index is 1000. The van der Waals surface area contributed by atoms with E-state index in [0.29, 0.717) is 12.1 Å². The Morgan fingerprint density at radius 3 is 2.63 bits per heavy atom. The van der Waals surface area contributed by atoms with Crippen molar-refractivity contribution >= 4 is 16.9 Å². The number of nitrogens with one attached hydrogen (secondary N) is 1. The highest BCUT2D eigenvalue weighted by Gasteiger charge is 2.13. The molecular formula is C24H30N4O2. The Labute approximate surface area is 177 Å². The molecule has 1 amide bonds. The second-order valence-corrected chi connectivity index (χ2v) is 7.78. The van der Waals surface area contributed by atoms with Crippen molar-refractivity contribution in [2.45, 2.75) is 26.7 Å². The number of hydrogen-bond donors (Lipinski definition) is 1. The number of carbonyl (C=O) groups is 1. The van der Waals surface area contributed by atoms with Crippen LogP contribution in [0.15, 0.2) is 42.5 Å². The normalized spacial score (nSPS) is 14.9. The molecule has 2 heterocycles. The van der Waals surface area contributed by atoms with Crippen LogP contribution in [0.3, 0.4) is 0 Å². The predicted molar refractivity (Wildman–Crippen MR) is 119 cm³/mol. The number of rotatable bonds is 7. The zero-order valence-electron chi connectivity index (χ0n) is 17.9. The topological polar surface area (TPSA) is 59.4 Å². The van der Waals surface area contributed by atoms with Gasteiger partial charge in [0, 0.05) is 30.9 Å². The molecule has 0 saturated carbocycles. The lowest BCUT2D eigenvalue weighted by Crippen LogP contribution is -2.38. The fourth-order valence-corrected chi connectivity index (χ4v) is 3.98. The van der Waals surface area contributed by atoms with Crippen molar-refractivity contribution in [2.24, 2.45) is 0 Å². The molecule has 0 aliphatic carbocycles. The maximum atomic E-state index is 12.6. The number of fused-ring (bicyclic) bond motifs is 1. The second kappa shape index (κ2) is 9.41. The Kier molecular flexibility index (Phi) is 6.45. The Morgan fingerprint density at radius 1 is 1.13 bits per heavy atom. The van der Waals surface area contributed by atoms with Crippen LogP contribution in [0.1, 0.15) is 35.1 Å². The number of nitrogens with zero attached hydrogens (tertiary/aromatic N) is 3. The van der Waals surface area contributed by atoms with Gasteiger partial charge in [-0.15, -0.1) is 0 Å². The first-order chi connectivity index (χ1) is 14.7. The molecule has 3 aromatic rings. The number of benzene rings is 2. The Morgan fingerprint density at radius 2 is 1.90 bits per heavy atom. The van der Waals surface area contributed by atoms with Crippen LogP contribution in [0.4, 0.5) is 0 Å². The highest BCUT2D eigenvalue weighted by Crippen LogP contribution is 2.23. The number of amides is 1. The number of aryl methyl sites for hydroxylation is 2. The number of ether oxygens (including phenoxy) is 1. The minimum absolute atomic E-state index is 0.0432. The van der Waals surface area contributed by atoms with Gasteiger partial charge in [-0.05, 0) is 62.2 Å². The summed E-state index contributed by atoms with van der Waals surface area (Å²) in [6, 6.07) is 14.3. The number of imidazole rings is 1. The molecule has 1 saturated heterocycles. The van der Waals surface area contributed by atoms with Crippen molar-refractivity contribution in [3.8, 4) is 5.69 Å². The SMILES string of the molecule is CCc1ccc(-n2c(C)nc3cc(C(=O)NCCCN4CCOCC4)ccc32)cc1. The molecule has 4 rings (SSSR count). The standard InChI is InChI=1S/C24H30N4O2/c1-3-19-5-8-21(9-6-19)28-18(2)26-22-17-20(7-10-23(22)28)24(29)25-11-4-12-27-13-15-30-16-14-27/h5-10,17H,3-4,11-16H2,1-2H3,(H,25,29). The van der Waals surface area contributed by atoms with Gasteiger partial charge in [0.2, 0.25) is 0 Å². The lowest BCUT2D eigenvalue weighted by atomic mass is 10.1. The average Bonchev–Trinajstić information content (AvgIpc) is 3.12. The maximum absolute atomic E-state index is 12.6. The van der Waals surface area contributed by atoms with E-state index in [2.05, 4.69) is 46.0 Å². The minimum Gasteiger partial charge on any atom is -0.379 e. The lowest BCUT2D eigenvalue weighted by Gasteiger charge is -2.26. The van der Waals surface area contributed by atoms with Crippen LogP contribution < -0.4 is 5.32 Å². The van der Waals surface area contributed by atoms with Crippen molar-refractivity contribution in [3.63, 3.8) is 0 Å². The quantitative estimate of drug-likeness (QED) is 0.612. The third kappa shape index (κ3) is 4.55. The molecule has 1 aliphatic heterocycles. The van der Waals surface area contributed by atoms with E-state index in [-0.39, 0.29) is 5.91 Å². The zero-order chi connectivity index (χ0) is 20.9. The van der Waals surface area contributed by atoms with Gasteiger partial charge in [-0.3, -0.25) is 14.3 Å². The van der Waals surface area contributed by atoms with Crippen molar-refractivity contribution in [3.05, 3.63) is 59.4 Å². The van der Waals surface area contributed by atoms with E-state index in [1.807, 2.05) is 25.1 Å². The van der Waals surface area contributed by atoms with E-state index in [9.17, 15) is 4.79 Å². The monoisotopic (exact) mass is 406 g/mol. The van der Waals surface area contributed by atoms with Crippen molar-refractivity contribution < 1.29 is 9.53 Å². The van der Waals surface area contributed by atoms with E-state index in [1.165, 1.54) is 5.56 Å². The summed E-state index contributed by atoms with van der Waals surface area (Å²) >= 11 is 0. The van der Waals surface area contributed by atoms with Gasteiger partial charge in [0.05, 0.1) is 24.2 Å². The van der Waals surface area contributed by atoms with Crippen LogP contribution in [0.25, 0.3) is 16.7 Å². The molecule has 1 aliphatic rings. The number of morpholine rings is 1. The molecule has 0 radical (unpaired) electrons. The van der Waals surface area contributed by atoms with E-state index in [1.54, 1.807) is 0 Å². The van der Waals surface area contributed by atoms with Gasteiger partial charge in [0.1, 0.15) is 5.82 Å². The summed E-state index contributed by atoms with van der Waals surface area (Å²) in [5, 5.41) is 3.04. The van der Waals surface area contributed by atoms with E-state index in [4.69, 9.17) is 9.72 Å². The molecule has 1 aromatic heterocycles. The van der Waals surface area contributed by atoms with Gasteiger partial charge in [0.15, 0.2) is 0 Å². The smallest absolute Gasteiger partial charge is 0.251 e. The van der Waals surface area contributed by atoms with Gasteiger partial charge < -0.3 is 10.1 Å². The average molecular weight is 407 g/mol. The molecule has 0 unspecified atom stereocenters. The largest absolute Gasteiger partial charge is 0.379 e. The summed E-state index contributed by atoms with van der Waals surface area (Å²) in [4.78, 5) is 19.7. The van der Waals surface area contributed by atoms with Crippen LogP contribution in [0.2, 0.25) is 0 Å². The Hall–Kier alpha value is -2.70. The third-order valence-corrected chi connectivity index (χ3v) is 5.73. The number of hydrogen-bond acceptors (Lipinski definition) is 4. The van der Waals surface area contributed by atoms with Gasteiger partial charge in [-0.25, -0.2) is 4.98 Å². The fraction of sp³-hybridized carbons (Fsp3) is 0.417. The third-order valence-electron chi connectivity index (χ3n) is 5.73. The van der Waals surface area contributed by atoms with E-state index in [0.717, 1.165) is 68.2 Å². The molecule has 1 N–H and O–H groups in total. The summed E-state index contributed by atoms with van der Waals surface area (Å²) in [5.41, 5.74) is 4.91. The van der Waals surface area contributed by atoms with Crippen LogP contribution in [-0.4, -0.2) is 59.8 Å². The summed E-state index contributed by atoms with van der Waals surface area (Å²) in [6.07, 6.45) is 1.96. The molecule has 0 atom stereocenters. The molecule has 6 nitrogen and oxygen atoms in total. The van der Waals surface area contributed by atoms with Crippen LogP contribution in [0.5, 0.6) is 0 Å². The van der Waals surface area contributed by atoms with Gasteiger partial charge >= 0.3 is 0 Å². The Balaban J connectivity index is 1.42. The first-order valence-corrected chi connectivity index (χ1v) is 10.8. The zero-order valence-corrected chi connectivity index (χ0v) is 17.9. The molecule has 158 valence electrons. The molecule has 0 bridgehead atoms. The molecular weight excluding hydrogens is 376 g/mol. The number of aromatic nitrogens is 2. The summed E-state index contributed by atoms with van der Waals surface area (Å²) in [5.74, 6) is 0.871. The first kappa shape index (κ1) is 20.6. The van der Waals surface area contributed by atoms with Crippen molar-refractivity contribution in [1.29, 1.82) is 0 Å². The lowest BCUT2D eigenvalue weighted by molar-refractivity contribution is 0.0374. The van der Waals surface area contributed by atoms with E-state index >= 15 is 0 Å². The van der Waals surface area contributed by atoms with Crippen molar-refractivity contribution in [2.75, 3.05) is 39.4 Å². The highest BCUT2D eigenvalue weighted by molar-refractivity contribution is 5.97. The summed E-state index contributed by atoms with van der Waals surface area (Å²) in [6.45, 7) is 9.39. The molecule has 1 fully saturated rings. The summed E-state index contributed by atoms with van der Waals surface area (Å²) < 4.78 is 7.50. The van der Waals surface area contributed by atoms with Crippen LogP contribution in [0, 0.1) is 6.92 Å². The van der Waals surface area contributed by atoms with Gasteiger partial charge in [-0.1, -0.05) is 19.1 Å². The molecule has 30 heavy (non-hydrogen) atoms.